The van der Waals surface area contributed by atoms with Crippen molar-refractivity contribution in [1.29, 1.82) is 0 Å². The summed E-state index contributed by atoms with van der Waals surface area (Å²) in [6, 6.07) is 14.2. The maximum Gasteiger partial charge on any atom is 0.293 e. The number of thioether (sulfide) groups is 1. The molecule has 2 aliphatic heterocycles. The summed E-state index contributed by atoms with van der Waals surface area (Å²) in [6.45, 7) is 3.63. The highest BCUT2D eigenvalue weighted by molar-refractivity contribution is 8.18. The number of halogens is 1. The molecule has 34 heavy (non-hydrogen) atoms. The van der Waals surface area contributed by atoms with E-state index >= 15 is 0 Å². The van der Waals surface area contributed by atoms with Gasteiger partial charge in [-0.15, -0.1) is 0 Å². The first-order chi connectivity index (χ1) is 16.4. The number of nitrogens with one attached hydrogen (secondary N) is 1. The number of nitrogens with zero attached hydrogens (tertiary/aromatic N) is 3. The van der Waals surface area contributed by atoms with E-state index in [0.717, 1.165) is 48.5 Å². The van der Waals surface area contributed by atoms with E-state index in [-0.39, 0.29) is 42.4 Å². The van der Waals surface area contributed by atoms with Gasteiger partial charge in [0.15, 0.2) is 0 Å². The van der Waals surface area contributed by atoms with Gasteiger partial charge in [0, 0.05) is 50.0 Å². The average molecular weight is 501 g/mol. The van der Waals surface area contributed by atoms with Gasteiger partial charge in [-0.3, -0.25) is 24.2 Å². The number of rotatable bonds is 7. The Balaban J connectivity index is 1.21. The van der Waals surface area contributed by atoms with Crippen LogP contribution in [-0.2, 0) is 9.59 Å². The molecule has 10 heteroatoms. The summed E-state index contributed by atoms with van der Waals surface area (Å²) in [5.41, 5.74) is 1.72. The van der Waals surface area contributed by atoms with Crippen molar-refractivity contribution in [3.8, 4) is 5.75 Å². The summed E-state index contributed by atoms with van der Waals surface area (Å²) in [5, 5.41) is 12.4. The van der Waals surface area contributed by atoms with Crippen LogP contribution in [0.1, 0.15) is 5.56 Å². The molecule has 2 heterocycles. The van der Waals surface area contributed by atoms with Crippen molar-refractivity contribution < 1.29 is 19.5 Å². The van der Waals surface area contributed by atoms with Crippen LogP contribution in [0, 0.1) is 0 Å². The van der Waals surface area contributed by atoms with Crippen LogP contribution in [-0.4, -0.2) is 77.8 Å². The smallest absolute Gasteiger partial charge is 0.293 e. The molecule has 2 aromatic rings. The molecule has 178 valence electrons. The number of hydrogen-bond donors (Lipinski definition) is 2. The second-order valence-electron chi connectivity index (χ2n) is 7.98. The van der Waals surface area contributed by atoms with Crippen LogP contribution in [0.15, 0.2) is 53.4 Å². The van der Waals surface area contributed by atoms with Crippen molar-refractivity contribution >= 4 is 52.2 Å². The number of aromatic hydroxyl groups is 1. The zero-order chi connectivity index (χ0) is 24.1. The lowest BCUT2D eigenvalue weighted by Gasteiger charge is -2.35. The van der Waals surface area contributed by atoms with E-state index in [1.54, 1.807) is 36.4 Å². The number of piperazine rings is 1. The summed E-state index contributed by atoms with van der Waals surface area (Å²) in [6.07, 6.45) is 1.61. The summed E-state index contributed by atoms with van der Waals surface area (Å²) >= 11 is 7.01. The number of imide groups is 1. The highest BCUT2D eigenvalue weighted by atomic mass is 35.5. The largest absolute Gasteiger partial charge is 0.508 e. The molecule has 4 rings (SSSR count). The lowest BCUT2D eigenvalue weighted by Crippen LogP contribution is -2.50. The third kappa shape index (κ3) is 5.91. The highest BCUT2D eigenvalue weighted by Crippen LogP contribution is 2.33. The van der Waals surface area contributed by atoms with Gasteiger partial charge in [0.2, 0.25) is 5.91 Å². The van der Waals surface area contributed by atoms with Crippen LogP contribution >= 0.6 is 23.4 Å². The van der Waals surface area contributed by atoms with E-state index in [4.69, 9.17) is 11.6 Å². The predicted octanol–water partition coefficient (Wildman–Crippen LogP) is 3.02. The summed E-state index contributed by atoms with van der Waals surface area (Å²) in [7, 11) is 0. The molecule has 0 saturated carbocycles. The number of carbonyl (C=O) groups is 3. The summed E-state index contributed by atoms with van der Waals surface area (Å²) < 4.78 is 0. The number of anilines is 1. The molecular formula is C24H25ClN4O4S. The Morgan fingerprint density at radius 3 is 2.47 bits per heavy atom. The Morgan fingerprint density at radius 1 is 1.06 bits per heavy atom. The third-order valence-electron chi connectivity index (χ3n) is 5.68. The quantitative estimate of drug-likeness (QED) is 0.564. The Morgan fingerprint density at radius 2 is 1.76 bits per heavy atom. The van der Waals surface area contributed by atoms with Gasteiger partial charge in [0.1, 0.15) is 5.75 Å². The van der Waals surface area contributed by atoms with Crippen LogP contribution in [0.4, 0.5) is 10.5 Å². The van der Waals surface area contributed by atoms with Crippen LogP contribution in [0.25, 0.3) is 6.08 Å². The average Bonchev–Trinajstić information content (AvgIpc) is 3.09. The number of phenolic OH excluding ortho intramolecular Hbond substituents is 1. The van der Waals surface area contributed by atoms with E-state index in [0.29, 0.717) is 15.5 Å². The lowest BCUT2D eigenvalue weighted by molar-refractivity contribution is -0.124. The first-order valence-electron chi connectivity index (χ1n) is 10.9. The molecule has 2 saturated heterocycles. The minimum atomic E-state index is -0.380. The Hall–Kier alpha value is -3.01. The van der Waals surface area contributed by atoms with E-state index in [1.165, 1.54) is 0 Å². The monoisotopic (exact) mass is 500 g/mol. The maximum atomic E-state index is 12.6. The van der Waals surface area contributed by atoms with Gasteiger partial charge >= 0.3 is 0 Å². The number of carbonyl (C=O) groups excluding carboxylic acids is 3. The summed E-state index contributed by atoms with van der Waals surface area (Å²) in [5.74, 6) is -0.283. The van der Waals surface area contributed by atoms with E-state index < -0.39 is 0 Å². The highest BCUT2D eigenvalue weighted by Gasteiger charge is 2.34. The van der Waals surface area contributed by atoms with Crippen LogP contribution in [0.3, 0.4) is 0 Å². The molecule has 0 atom stereocenters. The van der Waals surface area contributed by atoms with Gasteiger partial charge in [-0.05, 0) is 53.7 Å². The van der Waals surface area contributed by atoms with Crippen molar-refractivity contribution in [2.24, 2.45) is 0 Å². The molecular weight excluding hydrogens is 476 g/mol. The first kappa shape index (κ1) is 24.1. The normalized spacial score (nSPS) is 18.1. The van der Waals surface area contributed by atoms with Crippen LogP contribution in [0.2, 0.25) is 5.02 Å². The Labute approximate surface area is 207 Å². The second kappa shape index (κ2) is 10.9. The number of amides is 3. The van der Waals surface area contributed by atoms with E-state index in [9.17, 15) is 19.5 Å². The van der Waals surface area contributed by atoms with Gasteiger partial charge in [0.05, 0.1) is 11.4 Å². The van der Waals surface area contributed by atoms with Crippen molar-refractivity contribution in [3.05, 3.63) is 64.0 Å². The zero-order valence-corrected chi connectivity index (χ0v) is 20.0. The van der Waals surface area contributed by atoms with Crippen molar-refractivity contribution in [2.75, 3.05) is 50.7 Å². The molecule has 2 fully saturated rings. The standard InChI is InChI=1S/C24H25ClN4O4S/c25-20-4-2-1-3-17(20)15-21-23(32)29(24(33)34-21)10-9-26-22(31)16-27-11-13-28(14-12-27)18-5-7-19(30)8-6-18/h1-8,15,30H,9-14,16H2,(H,26,31)/b21-15-. The molecule has 0 aromatic heterocycles. The first-order valence-corrected chi connectivity index (χ1v) is 12.1. The van der Waals surface area contributed by atoms with Gasteiger partial charge in [-0.2, -0.15) is 0 Å². The molecule has 2 N–H and O–H groups in total. The third-order valence-corrected chi connectivity index (χ3v) is 6.93. The van der Waals surface area contributed by atoms with Crippen LogP contribution < -0.4 is 10.2 Å². The van der Waals surface area contributed by atoms with E-state index in [1.807, 2.05) is 18.2 Å². The van der Waals surface area contributed by atoms with Gasteiger partial charge in [-0.25, -0.2) is 0 Å². The van der Waals surface area contributed by atoms with Gasteiger partial charge < -0.3 is 15.3 Å². The second-order valence-corrected chi connectivity index (χ2v) is 9.38. The topological polar surface area (TPSA) is 93.2 Å². The SMILES string of the molecule is O=C(CN1CCN(c2ccc(O)cc2)CC1)NCCN1C(=O)S/C(=C\c2ccccc2Cl)C1=O. The molecule has 0 radical (unpaired) electrons. The molecule has 0 aliphatic carbocycles. The minimum absolute atomic E-state index is 0.116. The van der Waals surface area contributed by atoms with Gasteiger partial charge in [0.25, 0.3) is 11.1 Å². The van der Waals surface area contributed by atoms with Gasteiger partial charge in [-0.1, -0.05) is 29.8 Å². The van der Waals surface area contributed by atoms with Crippen LogP contribution in [0.5, 0.6) is 5.75 Å². The minimum Gasteiger partial charge on any atom is -0.508 e. The Kier molecular flexibility index (Phi) is 7.77. The van der Waals surface area contributed by atoms with Crippen molar-refractivity contribution in [2.45, 2.75) is 0 Å². The number of benzene rings is 2. The fourth-order valence-electron chi connectivity index (χ4n) is 3.82. The molecule has 3 amide bonds. The maximum absolute atomic E-state index is 12.6. The fourth-order valence-corrected chi connectivity index (χ4v) is 4.87. The Bertz CT molecular complexity index is 1100. The fraction of sp³-hybridized carbons (Fsp3) is 0.292. The molecule has 2 aromatic carbocycles. The molecule has 0 bridgehead atoms. The predicted molar refractivity (Wildman–Crippen MR) is 134 cm³/mol. The zero-order valence-electron chi connectivity index (χ0n) is 18.4. The van der Waals surface area contributed by atoms with E-state index in [2.05, 4.69) is 15.1 Å². The molecule has 8 nitrogen and oxygen atoms in total. The number of phenols is 1. The molecule has 0 spiro atoms. The summed E-state index contributed by atoms with van der Waals surface area (Å²) in [4.78, 5) is 43.0. The molecule has 2 aliphatic rings. The lowest BCUT2D eigenvalue weighted by atomic mass is 10.2. The van der Waals surface area contributed by atoms with Crippen molar-refractivity contribution in [3.63, 3.8) is 0 Å². The number of hydrogen-bond acceptors (Lipinski definition) is 7. The molecule has 0 unspecified atom stereocenters. The van der Waals surface area contributed by atoms with Crippen molar-refractivity contribution in [1.82, 2.24) is 15.1 Å².